The quantitative estimate of drug-likeness (QED) is 0.395. The SMILES string of the molecule is C[C-]=CC.C[C-]=CC.[Ir].[NH-]CP.[Y]. The minimum absolute atomic E-state index is 0. The van der Waals surface area contributed by atoms with Crippen LogP contribution in [0.4, 0.5) is 0 Å². The zero-order valence-electron chi connectivity index (χ0n) is 8.85. The van der Waals surface area contributed by atoms with E-state index in [1.54, 1.807) is 0 Å². The molecule has 0 aliphatic heterocycles. The fourth-order valence-corrected chi connectivity index (χ4v) is 0. The maximum absolute atomic E-state index is 6.17. The number of hydrogen-bond acceptors (Lipinski definition) is 0. The van der Waals surface area contributed by atoms with Crippen molar-refractivity contribution in [1.82, 2.24) is 0 Å². The molecule has 13 heavy (non-hydrogen) atoms. The van der Waals surface area contributed by atoms with E-state index in [9.17, 15) is 0 Å². The molecule has 1 unspecified atom stereocenters. The average Bonchev–Trinajstić information content (AvgIpc) is 2.06. The maximum Gasteiger partial charge on any atom is 0 e. The summed E-state index contributed by atoms with van der Waals surface area (Å²) in [5.74, 6) is 0. The fraction of sp³-hybridized carbons (Fsp3) is 0.556. The second-order valence-electron chi connectivity index (χ2n) is 1.36. The van der Waals surface area contributed by atoms with Crippen LogP contribution in [0.25, 0.3) is 5.73 Å². The van der Waals surface area contributed by atoms with Crippen molar-refractivity contribution in [1.29, 1.82) is 0 Å². The second kappa shape index (κ2) is 49.5. The molecule has 0 bridgehead atoms. The van der Waals surface area contributed by atoms with Gasteiger partial charge in [0.15, 0.2) is 0 Å². The van der Waals surface area contributed by atoms with E-state index in [2.05, 4.69) is 21.4 Å². The molecule has 0 aromatic carbocycles. The summed E-state index contributed by atoms with van der Waals surface area (Å²) in [6.45, 7) is 7.64. The van der Waals surface area contributed by atoms with Crippen molar-refractivity contribution in [2.24, 2.45) is 0 Å². The Bertz CT molecular complexity index is 69.7. The Labute approximate surface area is 125 Å². The van der Waals surface area contributed by atoms with Crippen LogP contribution in [0.3, 0.4) is 0 Å². The van der Waals surface area contributed by atoms with Gasteiger partial charge in [-0.2, -0.15) is 23.1 Å². The van der Waals surface area contributed by atoms with Gasteiger partial charge in [0, 0.05) is 52.8 Å². The van der Waals surface area contributed by atoms with E-state index >= 15 is 0 Å². The molecule has 0 amide bonds. The Hall–Kier alpha value is 1.62. The van der Waals surface area contributed by atoms with Crippen LogP contribution < -0.4 is 0 Å². The third-order valence-corrected chi connectivity index (χ3v) is 0.577. The van der Waals surface area contributed by atoms with Gasteiger partial charge in [0.1, 0.15) is 0 Å². The zero-order chi connectivity index (χ0) is 9.54. The van der Waals surface area contributed by atoms with Crippen LogP contribution in [0.2, 0.25) is 0 Å². The molecule has 80 valence electrons. The Kier molecular flexibility index (Phi) is 112. The minimum Gasteiger partial charge on any atom is -0.674 e. The molecule has 0 saturated carbocycles. The molecule has 0 saturated heterocycles. The van der Waals surface area contributed by atoms with E-state index in [-0.39, 0.29) is 52.8 Å². The summed E-state index contributed by atoms with van der Waals surface area (Å²) in [7, 11) is 2.25. The van der Waals surface area contributed by atoms with Gasteiger partial charge in [-0.3, -0.25) is 12.2 Å². The first-order chi connectivity index (χ1) is 5.24. The average molecular weight is 453 g/mol. The predicted octanol–water partition coefficient (Wildman–Crippen LogP) is 3.64. The van der Waals surface area contributed by atoms with Gasteiger partial charge in [-0.05, 0) is 0 Å². The van der Waals surface area contributed by atoms with Gasteiger partial charge >= 0.3 is 0 Å². The Morgan fingerprint density at radius 1 is 1.15 bits per heavy atom. The van der Waals surface area contributed by atoms with E-state index in [0.29, 0.717) is 6.29 Å². The van der Waals surface area contributed by atoms with Gasteiger partial charge in [0.05, 0.1) is 0 Å². The van der Waals surface area contributed by atoms with Crippen molar-refractivity contribution < 1.29 is 52.8 Å². The van der Waals surface area contributed by atoms with Crippen molar-refractivity contribution >= 4 is 9.24 Å². The van der Waals surface area contributed by atoms with Crippen LogP contribution in [0.15, 0.2) is 12.2 Å². The number of hydrogen-bond donors (Lipinski definition) is 0. The van der Waals surface area contributed by atoms with E-state index in [0.717, 1.165) is 0 Å². The molecule has 0 aliphatic carbocycles. The van der Waals surface area contributed by atoms with Crippen LogP contribution in [-0.2, 0) is 52.8 Å². The van der Waals surface area contributed by atoms with E-state index < -0.39 is 0 Å². The number of allylic oxidation sites excluding steroid dienone is 4. The monoisotopic (exact) mass is 454 g/mol. The van der Waals surface area contributed by atoms with E-state index in [4.69, 9.17) is 5.73 Å². The van der Waals surface area contributed by atoms with Crippen LogP contribution >= 0.6 is 9.24 Å². The first-order valence-corrected chi connectivity index (χ1v) is 4.31. The molecule has 0 aromatic rings. The molecule has 1 N–H and O–H groups in total. The molecule has 0 rings (SSSR count). The van der Waals surface area contributed by atoms with Crippen molar-refractivity contribution in [2.75, 3.05) is 6.29 Å². The summed E-state index contributed by atoms with van der Waals surface area (Å²) in [4.78, 5) is 0. The molecule has 0 aliphatic rings. The van der Waals surface area contributed by atoms with Crippen LogP contribution in [0.5, 0.6) is 0 Å². The van der Waals surface area contributed by atoms with Crippen molar-refractivity contribution in [3.63, 3.8) is 0 Å². The first-order valence-electron chi connectivity index (χ1n) is 3.49. The molecule has 0 heterocycles. The van der Waals surface area contributed by atoms with Gasteiger partial charge in [-0.1, -0.05) is 13.8 Å². The van der Waals surface area contributed by atoms with Crippen molar-refractivity contribution in [3.05, 3.63) is 30.0 Å². The van der Waals surface area contributed by atoms with Crippen LogP contribution in [0.1, 0.15) is 27.7 Å². The number of nitrogens with one attached hydrogen (secondary N) is 1. The molecule has 0 aromatic heterocycles. The summed E-state index contributed by atoms with van der Waals surface area (Å²) in [5, 5.41) is 0. The standard InChI is InChI=1S/2C4H7.CH5NP.Ir.Y/c2*1-3-4-2;2-1-3;;/h2*3H,1-2H3;2H,1,3H2;;/q3*-1;;. The molecule has 4 heteroatoms. The minimum atomic E-state index is 0. The van der Waals surface area contributed by atoms with Gasteiger partial charge in [0.2, 0.25) is 0 Å². The largest absolute Gasteiger partial charge is 0.674 e. The molecule has 0 spiro atoms. The maximum atomic E-state index is 6.17. The summed E-state index contributed by atoms with van der Waals surface area (Å²) >= 11 is 0. The third-order valence-electron chi connectivity index (χ3n) is 0.577. The van der Waals surface area contributed by atoms with Crippen LogP contribution in [0, 0.1) is 12.2 Å². The summed E-state index contributed by atoms with van der Waals surface area (Å²) in [6.07, 6.45) is 9.78. The normalized spacial score (nSPS) is 7.23. The van der Waals surface area contributed by atoms with Crippen LogP contribution in [-0.4, -0.2) is 6.29 Å². The first kappa shape index (κ1) is 29.3. The second-order valence-corrected chi connectivity index (χ2v) is 1.77. The molecular formula is C9H19IrNPY-3. The van der Waals surface area contributed by atoms with Gasteiger partial charge in [-0.25, -0.2) is 0 Å². The summed E-state index contributed by atoms with van der Waals surface area (Å²) in [5.41, 5.74) is 6.17. The molecule has 2 radical (unpaired) electrons. The molecule has 1 atom stereocenters. The molecular weight excluding hydrogens is 434 g/mol. The van der Waals surface area contributed by atoms with Gasteiger partial charge < -0.3 is 17.9 Å². The molecule has 1 nitrogen and oxygen atoms in total. The van der Waals surface area contributed by atoms with Gasteiger partial charge in [0.25, 0.3) is 0 Å². The summed E-state index contributed by atoms with van der Waals surface area (Å²) in [6, 6.07) is 0. The van der Waals surface area contributed by atoms with E-state index in [1.807, 2.05) is 39.8 Å². The topological polar surface area (TPSA) is 23.8 Å². The number of rotatable bonds is 0. The Balaban J connectivity index is -0.0000000231. The van der Waals surface area contributed by atoms with Crippen molar-refractivity contribution in [2.45, 2.75) is 27.7 Å². The Morgan fingerprint density at radius 2 is 1.23 bits per heavy atom. The smallest absolute Gasteiger partial charge is 0 e. The van der Waals surface area contributed by atoms with Gasteiger partial charge in [-0.15, -0.1) is 6.29 Å². The molecule has 0 fully saturated rings. The predicted molar refractivity (Wildman–Crippen MR) is 57.2 cm³/mol. The fourth-order valence-electron chi connectivity index (χ4n) is 0. The zero-order valence-corrected chi connectivity index (χ0v) is 15.2. The third kappa shape index (κ3) is 140. The van der Waals surface area contributed by atoms with Crippen molar-refractivity contribution in [3.8, 4) is 0 Å². The summed E-state index contributed by atoms with van der Waals surface area (Å²) < 4.78 is 0. The Morgan fingerprint density at radius 3 is 1.23 bits per heavy atom. The van der Waals surface area contributed by atoms with E-state index in [1.165, 1.54) is 0 Å².